The second kappa shape index (κ2) is 6.71. The summed E-state index contributed by atoms with van der Waals surface area (Å²) in [4.78, 5) is 28.3. The Morgan fingerprint density at radius 1 is 1.32 bits per heavy atom. The molecule has 0 saturated carbocycles. The van der Waals surface area contributed by atoms with Crippen molar-refractivity contribution in [1.82, 2.24) is 9.88 Å². The summed E-state index contributed by atoms with van der Waals surface area (Å²) < 4.78 is 1.47. The summed E-state index contributed by atoms with van der Waals surface area (Å²) in [5.41, 5.74) is 6.99. The van der Waals surface area contributed by atoms with Gasteiger partial charge in [-0.2, -0.15) is 0 Å². The molecule has 0 radical (unpaired) electrons. The highest BCUT2D eigenvalue weighted by molar-refractivity contribution is 6.00. The van der Waals surface area contributed by atoms with Crippen molar-refractivity contribution in [2.75, 3.05) is 14.1 Å². The molecule has 2 aromatic rings. The summed E-state index contributed by atoms with van der Waals surface area (Å²) in [5, 5.41) is 2.46. The molecule has 0 bridgehead atoms. The SMILES string of the molecule is CN=C(N)c1cc(C(=O)NC)c(=O)n(Cc2ccccc2)c1. The first-order valence-corrected chi connectivity index (χ1v) is 6.80. The molecule has 0 saturated heterocycles. The standard InChI is InChI=1S/C16H18N4O2/c1-18-14(17)12-8-13(15(21)19-2)16(22)20(10-12)9-11-6-4-3-5-7-11/h3-8,10H,9H2,1-2H3,(H2,17,18)(H,19,21). The molecule has 0 aliphatic carbocycles. The fourth-order valence-electron chi connectivity index (χ4n) is 2.10. The predicted octanol–water partition coefficient (Wildman–Crippen LogP) is 0.591. The quantitative estimate of drug-likeness (QED) is 0.639. The number of carbonyl (C=O) groups excluding carboxylic acids is 1. The second-order valence-electron chi connectivity index (χ2n) is 4.75. The van der Waals surface area contributed by atoms with Crippen molar-refractivity contribution in [1.29, 1.82) is 0 Å². The van der Waals surface area contributed by atoms with Gasteiger partial charge >= 0.3 is 0 Å². The number of hydrogen-bond acceptors (Lipinski definition) is 3. The Hall–Kier alpha value is -2.89. The highest BCUT2D eigenvalue weighted by Gasteiger charge is 2.14. The average molecular weight is 298 g/mol. The van der Waals surface area contributed by atoms with Gasteiger partial charge in [-0.3, -0.25) is 14.6 Å². The number of aromatic nitrogens is 1. The summed E-state index contributed by atoms with van der Waals surface area (Å²) in [5.74, 6) is -0.176. The van der Waals surface area contributed by atoms with Crippen LogP contribution in [0.1, 0.15) is 21.5 Å². The number of rotatable bonds is 4. The van der Waals surface area contributed by atoms with Gasteiger partial charge in [0.05, 0.1) is 6.54 Å². The average Bonchev–Trinajstić information content (AvgIpc) is 2.56. The van der Waals surface area contributed by atoms with Crippen molar-refractivity contribution >= 4 is 11.7 Å². The molecule has 114 valence electrons. The van der Waals surface area contributed by atoms with Crippen molar-refractivity contribution in [2.45, 2.75) is 6.54 Å². The van der Waals surface area contributed by atoms with E-state index in [1.54, 1.807) is 13.2 Å². The number of hydrogen-bond donors (Lipinski definition) is 2. The van der Waals surface area contributed by atoms with Gasteiger partial charge < -0.3 is 15.6 Å². The fourth-order valence-corrected chi connectivity index (χ4v) is 2.10. The van der Waals surface area contributed by atoms with E-state index in [2.05, 4.69) is 10.3 Å². The first-order chi connectivity index (χ1) is 10.6. The van der Waals surface area contributed by atoms with E-state index in [1.807, 2.05) is 30.3 Å². The Morgan fingerprint density at radius 3 is 2.59 bits per heavy atom. The summed E-state index contributed by atoms with van der Waals surface area (Å²) in [7, 11) is 3.04. The molecular weight excluding hydrogens is 280 g/mol. The highest BCUT2D eigenvalue weighted by Crippen LogP contribution is 2.05. The van der Waals surface area contributed by atoms with Crippen LogP contribution < -0.4 is 16.6 Å². The zero-order valence-electron chi connectivity index (χ0n) is 12.5. The van der Waals surface area contributed by atoms with Crippen LogP contribution in [0.15, 0.2) is 52.4 Å². The van der Waals surface area contributed by atoms with Crippen molar-refractivity contribution < 1.29 is 4.79 Å². The largest absolute Gasteiger partial charge is 0.383 e. The van der Waals surface area contributed by atoms with Gasteiger partial charge in [0.2, 0.25) is 0 Å². The van der Waals surface area contributed by atoms with Gasteiger partial charge in [0.15, 0.2) is 0 Å². The summed E-state index contributed by atoms with van der Waals surface area (Å²) in [6.45, 7) is 0.356. The molecule has 1 aromatic carbocycles. The zero-order valence-corrected chi connectivity index (χ0v) is 12.5. The van der Waals surface area contributed by atoms with Crippen LogP contribution in [0, 0.1) is 0 Å². The molecular formula is C16H18N4O2. The van der Waals surface area contributed by atoms with E-state index in [-0.39, 0.29) is 17.0 Å². The van der Waals surface area contributed by atoms with E-state index in [0.717, 1.165) is 5.56 Å². The molecule has 3 N–H and O–H groups in total. The third-order valence-electron chi connectivity index (χ3n) is 3.29. The lowest BCUT2D eigenvalue weighted by Gasteiger charge is -2.11. The Kier molecular flexibility index (Phi) is 4.73. The molecule has 0 unspecified atom stereocenters. The summed E-state index contributed by atoms with van der Waals surface area (Å²) >= 11 is 0. The highest BCUT2D eigenvalue weighted by atomic mass is 16.2. The molecule has 1 heterocycles. The van der Waals surface area contributed by atoms with E-state index in [0.29, 0.717) is 12.1 Å². The Balaban J connectivity index is 2.56. The van der Waals surface area contributed by atoms with Crippen molar-refractivity contribution in [3.63, 3.8) is 0 Å². The molecule has 0 spiro atoms. The Bertz CT molecular complexity index is 763. The molecule has 6 nitrogen and oxygen atoms in total. The molecule has 6 heteroatoms. The van der Waals surface area contributed by atoms with Gasteiger partial charge in [-0.05, 0) is 11.6 Å². The first kappa shape index (κ1) is 15.5. The van der Waals surface area contributed by atoms with E-state index < -0.39 is 5.91 Å². The van der Waals surface area contributed by atoms with Crippen molar-refractivity contribution in [2.24, 2.45) is 10.7 Å². The Morgan fingerprint density at radius 2 is 2.00 bits per heavy atom. The number of amidine groups is 1. The number of benzene rings is 1. The summed E-state index contributed by atoms with van der Waals surface area (Å²) in [6.07, 6.45) is 1.62. The van der Waals surface area contributed by atoms with Crippen LogP contribution in [-0.4, -0.2) is 30.4 Å². The van der Waals surface area contributed by atoms with E-state index in [1.165, 1.54) is 17.7 Å². The Labute approximate surface area is 128 Å². The van der Waals surface area contributed by atoms with Gasteiger partial charge in [0.1, 0.15) is 11.4 Å². The number of nitrogens with zero attached hydrogens (tertiary/aromatic N) is 2. The number of carbonyl (C=O) groups is 1. The molecule has 2 rings (SSSR count). The monoisotopic (exact) mass is 298 g/mol. The van der Waals surface area contributed by atoms with Gasteiger partial charge in [0, 0.05) is 25.9 Å². The van der Waals surface area contributed by atoms with Gasteiger partial charge in [-0.1, -0.05) is 30.3 Å². The molecule has 1 amide bonds. The maximum atomic E-state index is 12.5. The van der Waals surface area contributed by atoms with Crippen LogP contribution in [-0.2, 0) is 6.54 Å². The third kappa shape index (κ3) is 3.22. The van der Waals surface area contributed by atoms with Crippen molar-refractivity contribution in [3.05, 3.63) is 69.6 Å². The minimum Gasteiger partial charge on any atom is -0.383 e. The topological polar surface area (TPSA) is 89.5 Å². The van der Waals surface area contributed by atoms with Crippen LogP contribution in [0.3, 0.4) is 0 Å². The number of nitrogens with one attached hydrogen (secondary N) is 1. The van der Waals surface area contributed by atoms with E-state index in [9.17, 15) is 9.59 Å². The zero-order chi connectivity index (χ0) is 16.1. The minimum absolute atomic E-state index is 0.0440. The predicted molar refractivity (Wildman–Crippen MR) is 86.3 cm³/mol. The normalized spacial score (nSPS) is 11.3. The van der Waals surface area contributed by atoms with E-state index in [4.69, 9.17) is 5.73 Å². The van der Waals surface area contributed by atoms with Crippen LogP contribution in [0.25, 0.3) is 0 Å². The van der Waals surface area contributed by atoms with Gasteiger partial charge in [0.25, 0.3) is 11.5 Å². The minimum atomic E-state index is -0.447. The number of nitrogens with two attached hydrogens (primary N) is 1. The lowest BCUT2D eigenvalue weighted by Crippen LogP contribution is -2.33. The second-order valence-corrected chi connectivity index (χ2v) is 4.75. The smallest absolute Gasteiger partial charge is 0.263 e. The molecule has 0 aliphatic rings. The van der Waals surface area contributed by atoms with E-state index >= 15 is 0 Å². The molecule has 22 heavy (non-hydrogen) atoms. The van der Waals surface area contributed by atoms with Crippen molar-refractivity contribution in [3.8, 4) is 0 Å². The number of aliphatic imine (C=N–C) groups is 1. The molecule has 0 atom stereocenters. The van der Waals surface area contributed by atoms with Gasteiger partial charge in [-0.15, -0.1) is 0 Å². The van der Waals surface area contributed by atoms with Crippen LogP contribution in [0.4, 0.5) is 0 Å². The maximum absolute atomic E-state index is 12.5. The van der Waals surface area contributed by atoms with Crippen LogP contribution >= 0.6 is 0 Å². The lowest BCUT2D eigenvalue weighted by molar-refractivity contribution is 0.0961. The molecule has 1 aromatic heterocycles. The number of amides is 1. The first-order valence-electron chi connectivity index (χ1n) is 6.80. The maximum Gasteiger partial charge on any atom is 0.263 e. The molecule has 0 fully saturated rings. The fraction of sp³-hybridized carbons (Fsp3) is 0.188. The summed E-state index contributed by atoms with van der Waals surface area (Å²) in [6, 6.07) is 11.0. The van der Waals surface area contributed by atoms with Gasteiger partial charge in [-0.25, -0.2) is 0 Å². The molecule has 0 aliphatic heterocycles. The van der Waals surface area contributed by atoms with Crippen LogP contribution in [0.5, 0.6) is 0 Å². The third-order valence-corrected chi connectivity index (χ3v) is 3.29. The van der Waals surface area contributed by atoms with Crippen LogP contribution in [0.2, 0.25) is 0 Å². The lowest BCUT2D eigenvalue weighted by atomic mass is 10.1. The number of pyridine rings is 1.